The lowest BCUT2D eigenvalue weighted by atomic mass is 9.88. The van der Waals surface area contributed by atoms with Gasteiger partial charge in [-0.05, 0) is 0 Å². The van der Waals surface area contributed by atoms with E-state index in [4.69, 9.17) is 0 Å². The summed E-state index contributed by atoms with van der Waals surface area (Å²) in [5.74, 6) is -42.6. The van der Waals surface area contributed by atoms with Crippen LogP contribution in [-0.4, -0.2) is 109 Å². The second-order valence-electron chi connectivity index (χ2n) is 12.6. The molecule has 0 saturated heterocycles. The molecule has 0 rings (SSSR count). The molecule has 0 aliphatic heterocycles. The minimum absolute atomic E-state index is 2.59. The molecule has 0 aliphatic rings. The first-order chi connectivity index (χ1) is 26.8. The van der Waals surface area contributed by atoms with Gasteiger partial charge in [-0.1, -0.05) is 0 Å². The Hall–Kier alpha value is -2.20. The van der Waals surface area contributed by atoms with E-state index in [-0.39, 0.29) is 0 Å². The summed E-state index contributed by atoms with van der Waals surface area (Å²) in [6, 6.07) is 0. The van der Waals surface area contributed by atoms with Gasteiger partial charge in [0.05, 0.1) is 38.5 Å². The van der Waals surface area contributed by atoms with Crippen LogP contribution in [0.1, 0.15) is 38.5 Å². The molecule has 38 heteroatoms. The fourth-order valence-corrected chi connectivity index (χ4v) is 6.68. The van der Waals surface area contributed by atoms with Gasteiger partial charge in [-0.15, -0.1) is 0 Å². The second kappa shape index (κ2) is 18.6. The molecule has 0 unspecified atom stereocenters. The quantitative estimate of drug-likeness (QED) is 0.0714. The van der Waals surface area contributed by atoms with Crippen LogP contribution in [0.4, 0.5) is 145 Å². The summed E-state index contributed by atoms with van der Waals surface area (Å²) in [4.78, 5) is 0. The van der Waals surface area contributed by atoms with E-state index in [2.05, 4.69) is 13.6 Å². The zero-order valence-electron chi connectivity index (χ0n) is 28.3. The van der Waals surface area contributed by atoms with Crippen molar-refractivity contribution in [3.05, 3.63) is 0 Å². The second-order valence-corrected chi connectivity index (χ2v) is 14.1. The molecular formula is C24H18F33O4P. The number of phosphoric ester groups is 1. The molecule has 0 spiro atoms. The molecule has 0 radical (unpaired) electrons. The molecule has 0 saturated carbocycles. The summed E-state index contributed by atoms with van der Waals surface area (Å²) in [5, 5.41) is 0. The maximum Gasteiger partial charge on any atom is 0.477 e. The highest BCUT2D eigenvalue weighted by Crippen LogP contribution is 2.69. The first-order valence-corrected chi connectivity index (χ1v) is 16.1. The summed E-state index contributed by atoms with van der Waals surface area (Å²) in [7, 11) is -10.2. The average Bonchev–Trinajstić information content (AvgIpc) is 2.97. The van der Waals surface area contributed by atoms with Crippen LogP contribution in [0.5, 0.6) is 0 Å². The Morgan fingerprint density at radius 2 is 0.387 bits per heavy atom. The third-order valence-electron chi connectivity index (χ3n) is 7.45. The highest BCUT2D eigenvalue weighted by molar-refractivity contribution is 7.48. The van der Waals surface area contributed by atoms with Crippen molar-refractivity contribution in [2.75, 3.05) is 0 Å². The Kier molecular flexibility index (Phi) is 17.9. The van der Waals surface area contributed by atoms with Crippen LogP contribution in [0, 0.1) is 0 Å². The molecule has 0 amide bonds. The molecule has 0 atom stereocenters. The fourth-order valence-electron chi connectivity index (χ4n) is 4.58. The van der Waals surface area contributed by atoms with Crippen molar-refractivity contribution in [1.82, 2.24) is 0 Å². The lowest BCUT2D eigenvalue weighted by molar-refractivity contribution is -0.336. The predicted octanol–water partition coefficient (Wildman–Crippen LogP) is 13.8. The first-order valence-electron chi connectivity index (χ1n) is 14.7. The summed E-state index contributed by atoms with van der Waals surface area (Å²) < 4.78 is 480. The van der Waals surface area contributed by atoms with Gasteiger partial charge in [-0.25, -0.2) is 110 Å². The largest absolute Gasteiger partial charge is 0.477 e. The molecule has 0 bridgehead atoms. The average molecular weight is 1030 g/mol. The van der Waals surface area contributed by atoms with Crippen molar-refractivity contribution in [2.24, 2.45) is 0 Å². The molecule has 62 heavy (non-hydrogen) atoms. The molecule has 0 aliphatic carbocycles. The van der Waals surface area contributed by atoms with Crippen molar-refractivity contribution in [2.45, 2.75) is 148 Å². The predicted molar refractivity (Wildman–Crippen MR) is 131 cm³/mol. The van der Waals surface area contributed by atoms with E-state index < -0.39 is 156 Å². The van der Waals surface area contributed by atoms with E-state index >= 15 is 0 Å². The molecule has 0 heterocycles. The van der Waals surface area contributed by atoms with Crippen molar-refractivity contribution < 1.29 is 163 Å². The standard InChI is InChI=1S/C24H18F33O4P/c25-7(26)16(37,38)1-13(22(49,50)51,2-17(39,40)8(27)28)59-62(58,60-14(23(52,53)54,3-18(41,42)9(29)30)4-19(43,44)10(31)32)61-15(24(55,56)57,5-20(45,46)11(33)34)6-21(47,48)12(35)36/h7-12H,1-6H2. The monoisotopic (exact) mass is 1030 g/mol. The number of hydrogen-bond acceptors (Lipinski definition) is 4. The molecule has 4 nitrogen and oxygen atoms in total. The van der Waals surface area contributed by atoms with Crippen LogP contribution in [0.3, 0.4) is 0 Å². The van der Waals surface area contributed by atoms with Gasteiger partial charge in [0.2, 0.25) is 0 Å². The number of phosphoric acid groups is 1. The summed E-state index contributed by atoms with van der Waals surface area (Å²) >= 11 is 0. The Labute approximate surface area is 319 Å². The normalized spacial score (nSPS) is 16.0. The van der Waals surface area contributed by atoms with Crippen LogP contribution in [0.2, 0.25) is 0 Å². The van der Waals surface area contributed by atoms with Gasteiger partial charge in [-0.2, -0.15) is 39.5 Å². The smallest absolute Gasteiger partial charge is 0.270 e. The molecule has 0 aromatic carbocycles. The van der Waals surface area contributed by atoms with Crippen LogP contribution < -0.4 is 0 Å². The highest BCUT2D eigenvalue weighted by Gasteiger charge is 2.76. The minimum Gasteiger partial charge on any atom is -0.270 e. The van der Waals surface area contributed by atoms with Crippen LogP contribution in [0.25, 0.3) is 0 Å². The molecule has 0 aromatic rings. The zero-order chi connectivity index (χ0) is 50.3. The SMILES string of the molecule is O=P(OC(CC(F)(F)C(F)F)(CC(F)(F)C(F)F)C(F)(F)F)(OC(CC(F)(F)C(F)F)(CC(F)(F)C(F)F)C(F)(F)F)OC(CC(F)(F)C(F)F)(CC(F)(F)C(F)F)C(F)(F)F. The minimum atomic E-state index is -10.2. The summed E-state index contributed by atoms with van der Waals surface area (Å²) in [6.45, 7) is 0. The number of alkyl halides is 33. The van der Waals surface area contributed by atoms with E-state index in [0.29, 0.717) is 0 Å². The fraction of sp³-hybridized carbons (Fsp3) is 1.00. The highest BCUT2D eigenvalue weighted by atomic mass is 31.2. The van der Waals surface area contributed by atoms with E-state index in [9.17, 15) is 149 Å². The molecule has 0 fully saturated rings. The first kappa shape index (κ1) is 59.8. The lowest BCUT2D eigenvalue weighted by Crippen LogP contribution is -2.60. The van der Waals surface area contributed by atoms with Gasteiger partial charge < -0.3 is 0 Å². The Bertz CT molecular complexity index is 1250. The van der Waals surface area contributed by atoms with Crippen molar-refractivity contribution >= 4 is 7.82 Å². The van der Waals surface area contributed by atoms with Crippen molar-refractivity contribution in [1.29, 1.82) is 0 Å². The Morgan fingerprint density at radius 3 is 0.468 bits per heavy atom. The Balaban J connectivity index is 9.64. The summed E-state index contributed by atoms with van der Waals surface area (Å²) in [5.41, 5.74) is -22.3. The third kappa shape index (κ3) is 14.1. The van der Waals surface area contributed by atoms with Gasteiger partial charge in [-0.3, -0.25) is 13.6 Å². The molecule has 374 valence electrons. The Morgan fingerprint density at radius 1 is 0.274 bits per heavy atom. The van der Waals surface area contributed by atoms with E-state index in [1.54, 1.807) is 0 Å². The van der Waals surface area contributed by atoms with Gasteiger partial charge >= 0.3 is 100 Å². The van der Waals surface area contributed by atoms with Crippen molar-refractivity contribution in [3.63, 3.8) is 0 Å². The lowest BCUT2D eigenvalue weighted by Gasteiger charge is -2.47. The number of halogens is 33. The van der Waals surface area contributed by atoms with Crippen LogP contribution >= 0.6 is 7.82 Å². The maximum atomic E-state index is 14.5. The molecular weight excluding hydrogens is 1010 g/mol. The maximum absolute atomic E-state index is 14.5. The molecule has 0 aromatic heterocycles. The number of rotatable bonds is 24. The number of hydrogen-bond donors (Lipinski definition) is 0. The van der Waals surface area contributed by atoms with Gasteiger partial charge in [0.1, 0.15) is 0 Å². The topological polar surface area (TPSA) is 44.8 Å². The van der Waals surface area contributed by atoms with E-state index in [1.807, 2.05) is 0 Å². The van der Waals surface area contributed by atoms with E-state index in [1.165, 1.54) is 0 Å². The van der Waals surface area contributed by atoms with Gasteiger partial charge in [0.25, 0.3) is 0 Å². The van der Waals surface area contributed by atoms with Crippen LogP contribution in [0.15, 0.2) is 0 Å². The van der Waals surface area contributed by atoms with E-state index in [0.717, 1.165) is 0 Å². The van der Waals surface area contributed by atoms with Crippen LogP contribution in [-0.2, 0) is 18.1 Å². The zero-order valence-corrected chi connectivity index (χ0v) is 29.2. The third-order valence-corrected chi connectivity index (χ3v) is 9.17. The van der Waals surface area contributed by atoms with Gasteiger partial charge in [0, 0.05) is 0 Å². The summed E-state index contributed by atoms with van der Waals surface area (Å²) in [6.07, 6.45) is -90.3. The van der Waals surface area contributed by atoms with Crippen molar-refractivity contribution in [3.8, 4) is 0 Å². The molecule has 0 N–H and O–H groups in total. The van der Waals surface area contributed by atoms with Gasteiger partial charge in [0.15, 0.2) is 16.8 Å².